The summed E-state index contributed by atoms with van der Waals surface area (Å²) in [5, 5.41) is 24.7. The molecule has 2 heterocycles. The van der Waals surface area contributed by atoms with Crippen LogP contribution in [0.1, 0.15) is 76.4 Å². The minimum absolute atomic E-state index is 0.156. The van der Waals surface area contributed by atoms with Gasteiger partial charge in [-0.25, -0.2) is 9.97 Å². The number of unbranched alkanes of at least 4 members (excludes halogenated alkanes) is 1. The fourth-order valence-electron chi connectivity index (χ4n) is 4.61. The number of benzene rings is 1. The first-order chi connectivity index (χ1) is 20.2. The highest BCUT2D eigenvalue weighted by Gasteiger charge is 2.56. The van der Waals surface area contributed by atoms with Crippen molar-refractivity contribution in [1.29, 1.82) is 0 Å². The average Bonchev–Trinajstić information content (AvgIpc) is 3.27. The molecule has 0 amide bonds. The molecular weight excluding hydrogens is 555 g/mol. The van der Waals surface area contributed by atoms with Crippen molar-refractivity contribution in [2.45, 2.75) is 84.4 Å². The number of nitrogens with zero attached hydrogens (tertiary/aromatic N) is 2. The van der Waals surface area contributed by atoms with Gasteiger partial charge in [0.2, 0.25) is 0 Å². The predicted molar refractivity (Wildman–Crippen MR) is 168 cm³/mol. The topological polar surface area (TPSA) is 120 Å². The number of nitrogens with two attached hydrogens (primary N) is 1. The van der Waals surface area contributed by atoms with E-state index < -0.39 is 30.0 Å². The monoisotopic (exact) mass is 601 g/mol. The second-order valence-corrected chi connectivity index (χ2v) is 10.9. The number of hydrogen-bond acceptors (Lipinski definition) is 6. The zero-order valence-corrected chi connectivity index (χ0v) is 26.0. The van der Waals surface area contributed by atoms with Crippen LogP contribution in [0.5, 0.6) is 5.75 Å². The maximum Gasteiger partial charge on any atom is 0.417 e. The van der Waals surface area contributed by atoms with Gasteiger partial charge in [-0.3, -0.25) is 0 Å². The lowest BCUT2D eigenvalue weighted by Gasteiger charge is -2.38. The molecule has 3 aromatic rings. The molecule has 1 unspecified atom stereocenters. The van der Waals surface area contributed by atoms with Gasteiger partial charge in [0, 0.05) is 41.3 Å². The molecule has 7 nitrogen and oxygen atoms in total. The Labute approximate surface area is 253 Å². The number of nitrogens with one attached hydrogen (secondary N) is 2. The number of H-pyrrole nitrogens is 1. The van der Waals surface area contributed by atoms with Crippen molar-refractivity contribution < 1.29 is 23.4 Å². The molecule has 0 fully saturated rings. The molecule has 236 valence electrons. The molecule has 0 spiro atoms. The van der Waals surface area contributed by atoms with E-state index in [1.54, 1.807) is 58.3 Å². The van der Waals surface area contributed by atoms with Crippen LogP contribution in [-0.4, -0.2) is 50.0 Å². The van der Waals surface area contributed by atoms with Gasteiger partial charge in [0.25, 0.3) is 0 Å². The van der Waals surface area contributed by atoms with Crippen LogP contribution in [0.15, 0.2) is 49.2 Å². The molecule has 1 atom stereocenters. The minimum Gasteiger partial charge on any atom is -0.508 e. The minimum atomic E-state index is -4.91. The lowest BCUT2D eigenvalue weighted by Crippen LogP contribution is -2.50. The number of alkyl halides is 3. The lowest BCUT2D eigenvalue weighted by molar-refractivity contribution is -0.266. The predicted octanol–water partition coefficient (Wildman–Crippen LogP) is 6.65. The quantitative estimate of drug-likeness (QED) is 0.124. The summed E-state index contributed by atoms with van der Waals surface area (Å²) in [6.45, 7) is 13.1. The van der Waals surface area contributed by atoms with E-state index in [1.165, 1.54) is 44.0 Å². The van der Waals surface area contributed by atoms with Crippen LogP contribution < -0.4 is 11.1 Å². The van der Waals surface area contributed by atoms with Crippen LogP contribution in [0.3, 0.4) is 0 Å². The number of aryl methyl sites for hydroxylation is 1. The number of aromatic nitrogens is 3. The second-order valence-electron chi connectivity index (χ2n) is 10.9. The summed E-state index contributed by atoms with van der Waals surface area (Å²) >= 11 is 0. The van der Waals surface area contributed by atoms with E-state index in [4.69, 9.17) is 5.73 Å². The zero-order valence-electron chi connectivity index (χ0n) is 26.0. The fraction of sp³-hybridized carbons (Fsp3) is 0.455. The summed E-state index contributed by atoms with van der Waals surface area (Å²) in [6.07, 6.45) is 8.34. The van der Waals surface area contributed by atoms with Crippen molar-refractivity contribution >= 4 is 6.08 Å². The molecule has 0 radical (unpaired) electrons. The number of terminal acetylenes is 1. The lowest BCUT2D eigenvalue weighted by atomic mass is 9.72. The molecule has 6 N–H and O–H groups in total. The summed E-state index contributed by atoms with van der Waals surface area (Å²) in [5.41, 5.74) is 4.22. The molecule has 43 heavy (non-hydrogen) atoms. The van der Waals surface area contributed by atoms with Crippen molar-refractivity contribution in [3.63, 3.8) is 0 Å². The third-order valence-electron chi connectivity index (χ3n) is 6.71. The Bertz CT molecular complexity index is 1310. The summed E-state index contributed by atoms with van der Waals surface area (Å²) in [5.74, 6) is 2.09. The van der Waals surface area contributed by atoms with Gasteiger partial charge >= 0.3 is 6.18 Å². The van der Waals surface area contributed by atoms with E-state index in [9.17, 15) is 23.4 Å². The first kappa shape index (κ1) is 37.2. The Kier molecular flexibility index (Phi) is 15.0. The Hall–Kier alpha value is -3.81. The summed E-state index contributed by atoms with van der Waals surface area (Å²) < 4.78 is 42.5. The molecule has 0 saturated carbocycles. The normalized spacial score (nSPS) is 12.9. The van der Waals surface area contributed by atoms with Gasteiger partial charge in [0.1, 0.15) is 12.1 Å². The molecule has 0 saturated heterocycles. The maximum atomic E-state index is 14.2. The Morgan fingerprint density at radius 2 is 1.74 bits per heavy atom. The fourth-order valence-corrected chi connectivity index (χ4v) is 4.61. The highest BCUT2D eigenvalue weighted by Crippen LogP contribution is 2.45. The number of halogens is 3. The number of phenols is 1. The van der Waals surface area contributed by atoms with Gasteiger partial charge in [-0.05, 0) is 86.8 Å². The smallest absolute Gasteiger partial charge is 0.417 e. The van der Waals surface area contributed by atoms with Crippen LogP contribution in [0.25, 0.3) is 17.2 Å². The Morgan fingerprint density at radius 1 is 1.12 bits per heavy atom. The first-order valence-electron chi connectivity index (χ1n) is 14.2. The van der Waals surface area contributed by atoms with E-state index in [0.717, 1.165) is 6.54 Å². The third kappa shape index (κ3) is 11.4. The van der Waals surface area contributed by atoms with Crippen molar-refractivity contribution in [1.82, 2.24) is 20.3 Å². The van der Waals surface area contributed by atoms with Crippen LogP contribution in [0.4, 0.5) is 13.2 Å². The molecule has 1 aromatic carbocycles. The number of hydrogen-bond donors (Lipinski definition) is 5. The SMILES string of the molecule is C#CC.CCCCNCC.Cc1[nH]c(CC(O)(CC(C)(C)c2cc(-c3cncnc3)ccc2O)C(F)(F)F)cc1/C=C\N. The molecule has 0 aliphatic rings. The average molecular weight is 602 g/mol. The van der Waals surface area contributed by atoms with E-state index in [-0.39, 0.29) is 17.0 Å². The van der Waals surface area contributed by atoms with Gasteiger partial charge in [-0.15, -0.1) is 12.3 Å². The molecule has 10 heteroatoms. The van der Waals surface area contributed by atoms with Crippen molar-refractivity contribution in [3.8, 4) is 29.2 Å². The second kappa shape index (κ2) is 17.3. The van der Waals surface area contributed by atoms with E-state index >= 15 is 0 Å². The molecule has 3 rings (SSSR count). The number of phenolic OH excluding ortho intramolecular Hbond substituents is 1. The standard InChI is InChI=1S/C24H27F3N4O2.C6H15N.C3H4/c1-15-16(6-7-28)8-19(31-15)10-23(33,24(25,26)27)13-22(2,3)20-9-17(4-5-21(20)32)18-11-29-14-30-12-18;1-3-5-6-7-4-2;1-3-2/h4-9,11-12,14,31-33H,10,13,28H2,1-3H3;7H,3-6H2,1-2H3;1H,2H3/b7-6-;;. The van der Waals surface area contributed by atoms with Gasteiger partial charge in [0.05, 0.1) is 0 Å². The molecule has 0 aliphatic carbocycles. The van der Waals surface area contributed by atoms with Crippen LogP contribution in [-0.2, 0) is 11.8 Å². The van der Waals surface area contributed by atoms with Crippen molar-refractivity contribution in [3.05, 3.63) is 71.7 Å². The summed E-state index contributed by atoms with van der Waals surface area (Å²) in [6, 6.07) is 6.20. The maximum absolute atomic E-state index is 14.2. The highest BCUT2D eigenvalue weighted by atomic mass is 19.4. The number of aromatic amines is 1. The third-order valence-corrected chi connectivity index (χ3v) is 6.71. The van der Waals surface area contributed by atoms with Gasteiger partial charge in [0.15, 0.2) is 5.60 Å². The van der Waals surface area contributed by atoms with Gasteiger partial charge in [-0.2, -0.15) is 13.2 Å². The van der Waals surface area contributed by atoms with Gasteiger partial charge in [-0.1, -0.05) is 40.2 Å². The molecule has 2 aromatic heterocycles. The number of aliphatic hydroxyl groups is 1. The largest absolute Gasteiger partial charge is 0.508 e. The Balaban J connectivity index is 0.000000799. The number of rotatable bonds is 11. The molecule has 0 bridgehead atoms. The van der Waals surface area contributed by atoms with E-state index in [2.05, 4.69) is 46.5 Å². The number of aromatic hydroxyl groups is 1. The molecular formula is C33H46F3N5O2. The van der Waals surface area contributed by atoms with Crippen molar-refractivity contribution in [2.24, 2.45) is 5.73 Å². The molecule has 0 aliphatic heterocycles. The van der Waals surface area contributed by atoms with Crippen LogP contribution in [0.2, 0.25) is 0 Å². The highest BCUT2D eigenvalue weighted by molar-refractivity contribution is 5.64. The summed E-state index contributed by atoms with van der Waals surface area (Å²) in [7, 11) is 0. The first-order valence-corrected chi connectivity index (χ1v) is 14.2. The summed E-state index contributed by atoms with van der Waals surface area (Å²) in [4.78, 5) is 10.8. The van der Waals surface area contributed by atoms with E-state index in [0.29, 0.717) is 22.4 Å². The van der Waals surface area contributed by atoms with Gasteiger partial charge < -0.3 is 26.2 Å². The van der Waals surface area contributed by atoms with Crippen molar-refractivity contribution in [2.75, 3.05) is 13.1 Å². The van der Waals surface area contributed by atoms with E-state index in [1.807, 2.05) is 0 Å². The Morgan fingerprint density at radius 3 is 2.28 bits per heavy atom. The van der Waals surface area contributed by atoms with Crippen LogP contribution in [0, 0.1) is 19.3 Å². The van der Waals surface area contributed by atoms with Crippen LogP contribution >= 0.6 is 0 Å². The zero-order chi connectivity index (χ0) is 32.7.